The number of hydrogen-bond acceptors (Lipinski definition) is 4. The van der Waals surface area contributed by atoms with Crippen LogP contribution in [0, 0.1) is 10.1 Å². The maximum Gasteiger partial charge on any atom is 0.302 e. The second-order valence-electron chi connectivity index (χ2n) is 2.11. The summed E-state index contributed by atoms with van der Waals surface area (Å²) in [6.07, 6.45) is 1.50. The van der Waals surface area contributed by atoms with E-state index in [9.17, 15) is 10.1 Å². The Kier molecular flexibility index (Phi) is 2.72. The average molecular weight is 232 g/mol. The normalized spacial score (nSPS) is 9.83. The molecule has 0 amide bonds. The van der Waals surface area contributed by atoms with Gasteiger partial charge in [0.2, 0.25) is 0 Å². The maximum atomic E-state index is 10.4. The van der Waals surface area contributed by atoms with Gasteiger partial charge in [-0.2, -0.15) is 0 Å². The molecule has 1 aromatic heterocycles. The third-order valence-electron chi connectivity index (χ3n) is 1.31. The SMILES string of the molecule is NCc1cnc(Br)c([N+](=O)[O-])c1. The van der Waals surface area contributed by atoms with Crippen molar-refractivity contribution in [3.8, 4) is 0 Å². The third kappa shape index (κ3) is 1.77. The molecule has 0 fully saturated rings. The lowest BCUT2D eigenvalue weighted by Crippen LogP contribution is -1.99. The van der Waals surface area contributed by atoms with Gasteiger partial charge in [0, 0.05) is 18.8 Å². The monoisotopic (exact) mass is 231 g/mol. The molecule has 0 saturated heterocycles. The zero-order valence-corrected chi connectivity index (χ0v) is 7.61. The van der Waals surface area contributed by atoms with Gasteiger partial charge in [0.15, 0.2) is 4.60 Å². The quantitative estimate of drug-likeness (QED) is 0.472. The van der Waals surface area contributed by atoms with Crippen molar-refractivity contribution in [2.45, 2.75) is 6.54 Å². The first kappa shape index (κ1) is 9.08. The van der Waals surface area contributed by atoms with Crippen LogP contribution < -0.4 is 5.73 Å². The highest BCUT2D eigenvalue weighted by molar-refractivity contribution is 9.10. The molecule has 1 heterocycles. The molecule has 0 atom stereocenters. The molecular weight excluding hydrogens is 226 g/mol. The van der Waals surface area contributed by atoms with E-state index in [2.05, 4.69) is 20.9 Å². The first-order valence-electron chi connectivity index (χ1n) is 3.14. The minimum atomic E-state index is -0.504. The van der Waals surface area contributed by atoms with Gasteiger partial charge in [-0.15, -0.1) is 0 Å². The molecule has 0 radical (unpaired) electrons. The second kappa shape index (κ2) is 3.59. The first-order chi connectivity index (χ1) is 5.65. The smallest absolute Gasteiger partial charge is 0.302 e. The number of rotatable bonds is 2. The van der Waals surface area contributed by atoms with Gasteiger partial charge in [0.25, 0.3) is 0 Å². The predicted molar refractivity (Wildman–Crippen MR) is 46.5 cm³/mol. The molecular formula is C6H6BrN3O2. The van der Waals surface area contributed by atoms with Gasteiger partial charge in [-0.05, 0) is 21.5 Å². The maximum absolute atomic E-state index is 10.4. The fourth-order valence-corrected chi connectivity index (χ4v) is 1.08. The first-order valence-corrected chi connectivity index (χ1v) is 3.93. The van der Waals surface area contributed by atoms with Crippen molar-refractivity contribution in [3.05, 3.63) is 32.5 Å². The van der Waals surface area contributed by atoms with E-state index in [1.165, 1.54) is 12.3 Å². The van der Waals surface area contributed by atoms with Crippen LogP contribution in [-0.4, -0.2) is 9.91 Å². The van der Waals surface area contributed by atoms with Gasteiger partial charge in [-0.3, -0.25) is 10.1 Å². The van der Waals surface area contributed by atoms with E-state index in [4.69, 9.17) is 5.73 Å². The average Bonchev–Trinajstić information content (AvgIpc) is 2.05. The molecule has 0 spiro atoms. The minimum Gasteiger partial charge on any atom is -0.326 e. The molecule has 0 aromatic carbocycles. The molecule has 0 unspecified atom stereocenters. The van der Waals surface area contributed by atoms with Crippen molar-refractivity contribution in [3.63, 3.8) is 0 Å². The number of nitrogens with zero attached hydrogens (tertiary/aromatic N) is 2. The molecule has 5 nitrogen and oxygen atoms in total. The summed E-state index contributed by atoms with van der Waals surface area (Å²) < 4.78 is 0.227. The van der Waals surface area contributed by atoms with Gasteiger partial charge in [-0.25, -0.2) is 4.98 Å². The molecule has 64 valence electrons. The van der Waals surface area contributed by atoms with E-state index < -0.39 is 4.92 Å². The Morgan fingerprint density at radius 3 is 2.92 bits per heavy atom. The van der Waals surface area contributed by atoms with E-state index in [1.807, 2.05) is 0 Å². The van der Waals surface area contributed by atoms with Crippen molar-refractivity contribution in [2.75, 3.05) is 0 Å². The number of halogens is 1. The molecule has 0 aliphatic carbocycles. The Labute approximate surface area is 76.9 Å². The fraction of sp³-hybridized carbons (Fsp3) is 0.167. The van der Waals surface area contributed by atoms with Crippen molar-refractivity contribution in [2.24, 2.45) is 5.73 Å². The lowest BCUT2D eigenvalue weighted by Gasteiger charge is -1.97. The highest BCUT2D eigenvalue weighted by Gasteiger charge is 2.12. The Hall–Kier alpha value is -1.01. The van der Waals surface area contributed by atoms with Crippen LogP contribution in [0.1, 0.15) is 5.56 Å². The Bertz CT molecular complexity index is 316. The Balaban J connectivity index is 3.17. The number of aromatic nitrogens is 1. The highest BCUT2D eigenvalue weighted by atomic mass is 79.9. The third-order valence-corrected chi connectivity index (χ3v) is 1.92. The minimum absolute atomic E-state index is 0.0575. The molecule has 0 aliphatic rings. The van der Waals surface area contributed by atoms with Crippen LogP contribution in [0.15, 0.2) is 16.9 Å². The van der Waals surface area contributed by atoms with E-state index in [0.29, 0.717) is 5.56 Å². The van der Waals surface area contributed by atoms with Crippen LogP contribution >= 0.6 is 15.9 Å². The molecule has 0 saturated carbocycles. The molecule has 6 heteroatoms. The summed E-state index contributed by atoms with van der Waals surface area (Å²) in [6, 6.07) is 1.40. The predicted octanol–water partition coefficient (Wildman–Crippen LogP) is 1.21. The summed E-state index contributed by atoms with van der Waals surface area (Å²) in [6.45, 7) is 0.251. The number of nitro groups is 1. The zero-order valence-electron chi connectivity index (χ0n) is 6.03. The summed E-state index contributed by atoms with van der Waals surface area (Å²) in [4.78, 5) is 13.6. The van der Waals surface area contributed by atoms with Crippen LogP contribution in [0.2, 0.25) is 0 Å². The van der Waals surface area contributed by atoms with Crippen molar-refractivity contribution in [1.82, 2.24) is 4.98 Å². The van der Waals surface area contributed by atoms with E-state index in [1.54, 1.807) is 0 Å². The van der Waals surface area contributed by atoms with Gasteiger partial charge < -0.3 is 5.73 Å². The standard InChI is InChI=1S/C6H6BrN3O2/c7-6-5(10(11)12)1-4(2-8)3-9-6/h1,3H,2,8H2. The summed E-state index contributed by atoms with van der Waals surface area (Å²) in [5.41, 5.74) is 5.88. The van der Waals surface area contributed by atoms with Crippen molar-refractivity contribution < 1.29 is 4.92 Å². The van der Waals surface area contributed by atoms with Gasteiger partial charge in [-0.1, -0.05) is 0 Å². The van der Waals surface area contributed by atoms with Gasteiger partial charge in [0.05, 0.1) is 4.92 Å². The number of hydrogen-bond donors (Lipinski definition) is 1. The number of nitrogens with two attached hydrogens (primary N) is 1. The van der Waals surface area contributed by atoms with E-state index in [0.717, 1.165) is 0 Å². The number of pyridine rings is 1. The summed E-state index contributed by atoms with van der Waals surface area (Å²) >= 11 is 2.97. The van der Waals surface area contributed by atoms with Gasteiger partial charge in [0.1, 0.15) is 0 Å². The van der Waals surface area contributed by atoms with Crippen LogP contribution in [0.5, 0.6) is 0 Å². The summed E-state index contributed by atoms with van der Waals surface area (Å²) in [5, 5.41) is 10.4. The molecule has 1 rings (SSSR count). The lowest BCUT2D eigenvalue weighted by molar-refractivity contribution is -0.386. The highest BCUT2D eigenvalue weighted by Crippen LogP contribution is 2.22. The molecule has 0 aliphatic heterocycles. The van der Waals surface area contributed by atoms with Crippen LogP contribution in [0.3, 0.4) is 0 Å². The molecule has 12 heavy (non-hydrogen) atoms. The largest absolute Gasteiger partial charge is 0.326 e. The van der Waals surface area contributed by atoms with Gasteiger partial charge >= 0.3 is 5.69 Å². The van der Waals surface area contributed by atoms with Crippen molar-refractivity contribution in [1.29, 1.82) is 0 Å². The van der Waals surface area contributed by atoms with E-state index in [-0.39, 0.29) is 16.8 Å². The Morgan fingerprint density at radius 2 is 2.42 bits per heavy atom. The summed E-state index contributed by atoms with van der Waals surface area (Å²) in [7, 11) is 0. The zero-order chi connectivity index (χ0) is 9.14. The van der Waals surface area contributed by atoms with Crippen LogP contribution in [-0.2, 0) is 6.54 Å². The van der Waals surface area contributed by atoms with E-state index >= 15 is 0 Å². The van der Waals surface area contributed by atoms with Crippen LogP contribution in [0.4, 0.5) is 5.69 Å². The van der Waals surface area contributed by atoms with Crippen LogP contribution in [0.25, 0.3) is 0 Å². The lowest BCUT2D eigenvalue weighted by atomic mass is 10.3. The topological polar surface area (TPSA) is 82.0 Å². The fourth-order valence-electron chi connectivity index (χ4n) is 0.718. The molecule has 1 aromatic rings. The Morgan fingerprint density at radius 1 is 1.75 bits per heavy atom. The summed E-state index contributed by atoms with van der Waals surface area (Å²) in [5.74, 6) is 0. The molecule has 0 bridgehead atoms. The second-order valence-corrected chi connectivity index (χ2v) is 2.87. The van der Waals surface area contributed by atoms with Crippen molar-refractivity contribution >= 4 is 21.6 Å². The molecule has 2 N–H and O–H groups in total.